The van der Waals surface area contributed by atoms with Gasteiger partial charge in [-0.2, -0.15) is 0 Å². The summed E-state index contributed by atoms with van der Waals surface area (Å²) in [6.07, 6.45) is 4.28. The lowest BCUT2D eigenvalue weighted by atomic mass is 9.96. The Kier molecular flexibility index (Phi) is 4.35. The maximum atomic E-state index is 6.07. The third-order valence-corrected chi connectivity index (χ3v) is 4.46. The Labute approximate surface area is 137 Å². The van der Waals surface area contributed by atoms with E-state index in [-0.39, 0.29) is 0 Å². The lowest BCUT2D eigenvalue weighted by molar-refractivity contribution is 0.338. The second-order valence-corrected chi connectivity index (χ2v) is 7.12. The van der Waals surface area contributed by atoms with Gasteiger partial charge in [0, 0.05) is 25.3 Å². The molecule has 0 amide bonds. The number of nitrogens with two attached hydrogens (primary N) is 1. The number of pyridine rings is 1. The molecule has 23 heavy (non-hydrogen) atoms. The molecule has 3 rings (SSSR count). The first-order valence-electron chi connectivity index (χ1n) is 8.30. The predicted octanol–water partition coefficient (Wildman–Crippen LogP) is 2.09. The standard InChI is InChI=1S/C17H26N6/c1-13-5-4-6-16(19-13)22-9-7-14(8-10-22)11-23-12-15(20-21-23)17(2,3)18/h4-6,12,14H,7-11,18H2,1-3H3. The van der Waals surface area contributed by atoms with E-state index in [0.29, 0.717) is 5.92 Å². The van der Waals surface area contributed by atoms with Gasteiger partial charge < -0.3 is 10.6 Å². The van der Waals surface area contributed by atoms with Gasteiger partial charge in [-0.1, -0.05) is 11.3 Å². The van der Waals surface area contributed by atoms with Gasteiger partial charge in [0.05, 0.1) is 11.7 Å². The molecule has 2 aromatic heterocycles. The maximum absolute atomic E-state index is 6.07. The summed E-state index contributed by atoms with van der Waals surface area (Å²) in [5.74, 6) is 1.72. The summed E-state index contributed by atoms with van der Waals surface area (Å²) in [7, 11) is 0. The number of nitrogens with zero attached hydrogens (tertiary/aromatic N) is 5. The van der Waals surface area contributed by atoms with Crippen LogP contribution >= 0.6 is 0 Å². The van der Waals surface area contributed by atoms with E-state index in [1.54, 1.807) is 0 Å². The second kappa shape index (κ2) is 6.28. The van der Waals surface area contributed by atoms with Crippen LogP contribution in [0.5, 0.6) is 0 Å². The van der Waals surface area contributed by atoms with Crippen molar-refractivity contribution in [1.29, 1.82) is 0 Å². The summed E-state index contributed by atoms with van der Waals surface area (Å²) in [4.78, 5) is 6.99. The average Bonchev–Trinajstić information content (AvgIpc) is 2.97. The summed E-state index contributed by atoms with van der Waals surface area (Å²) in [5.41, 5.74) is 7.56. The van der Waals surface area contributed by atoms with Gasteiger partial charge in [0.2, 0.25) is 0 Å². The fraction of sp³-hybridized carbons (Fsp3) is 0.588. The molecular weight excluding hydrogens is 288 g/mol. The van der Waals surface area contributed by atoms with E-state index >= 15 is 0 Å². The fourth-order valence-electron chi connectivity index (χ4n) is 3.00. The molecule has 0 unspecified atom stereocenters. The van der Waals surface area contributed by atoms with Crippen LogP contribution in [0.25, 0.3) is 0 Å². The van der Waals surface area contributed by atoms with Crippen molar-refractivity contribution in [3.05, 3.63) is 35.8 Å². The van der Waals surface area contributed by atoms with Crippen LogP contribution in [0.4, 0.5) is 5.82 Å². The van der Waals surface area contributed by atoms with E-state index in [2.05, 4.69) is 32.3 Å². The van der Waals surface area contributed by atoms with Gasteiger partial charge in [-0.15, -0.1) is 5.10 Å². The average molecular weight is 314 g/mol. The van der Waals surface area contributed by atoms with Gasteiger partial charge in [0.25, 0.3) is 0 Å². The highest BCUT2D eigenvalue weighted by atomic mass is 15.4. The minimum atomic E-state index is -0.432. The van der Waals surface area contributed by atoms with Crippen molar-refractivity contribution in [2.75, 3.05) is 18.0 Å². The number of hydrogen-bond donors (Lipinski definition) is 1. The van der Waals surface area contributed by atoms with E-state index in [9.17, 15) is 0 Å². The molecule has 6 nitrogen and oxygen atoms in total. The second-order valence-electron chi connectivity index (χ2n) is 7.12. The van der Waals surface area contributed by atoms with Gasteiger partial charge in [-0.25, -0.2) is 4.98 Å². The first-order chi connectivity index (χ1) is 10.9. The summed E-state index contributed by atoms with van der Waals surface area (Å²) in [6, 6.07) is 6.22. The zero-order chi connectivity index (χ0) is 16.4. The zero-order valence-electron chi connectivity index (χ0n) is 14.2. The first kappa shape index (κ1) is 15.9. The Morgan fingerprint density at radius 2 is 2.00 bits per heavy atom. The van der Waals surface area contributed by atoms with Crippen LogP contribution < -0.4 is 10.6 Å². The molecular formula is C17H26N6. The first-order valence-corrected chi connectivity index (χ1v) is 8.30. The molecule has 3 heterocycles. The van der Waals surface area contributed by atoms with Crippen molar-refractivity contribution in [2.24, 2.45) is 11.7 Å². The van der Waals surface area contributed by atoms with Crippen molar-refractivity contribution >= 4 is 5.82 Å². The van der Waals surface area contributed by atoms with Gasteiger partial charge in [-0.3, -0.25) is 4.68 Å². The molecule has 0 spiro atoms. The molecule has 0 bridgehead atoms. The molecule has 1 aliphatic heterocycles. The van der Waals surface area contributed by atoms with Crippen molar-refractivity contribution in [3.63, 3.8) is 0 Å². The van der Waals surface area contributed by atoms with Crippen LogP contribution in [-0.4, -0.2) is 33.1 Å². The quantitative estimate of drug-likeness (QED) is 0.935. The number of rotatable bonds is 4. The lowest BCUT2D eigenvalue weighted by Crippen LogP contribution is -2.35. The number of aromatic nitrogens is 4. The normalized spacial score (nSPS) is 16.8. The van der Waals surface area contributed by atoms with E-state index < -0.39 is 5.54 Å². The van der Waals surface area contributed by atoms with Gasteiger partial charge in [0.1, 0.15) is 11.5 Å². The van der Waals surface area contributed by atoms with Crippen LogP contribution in [0.2, 0.25) is 0 Å². The van der Waals surface area contributed by atoms with Crippen molar-refractivity contribution < 1.29 is 0 Å². The van der Waals surface area contributed by atoms with E-state index in [4.69, 9.17) is 5.73 Å². The molecule has 0 aliphatic carbocycles. The van der Waals surface area contributed by atoms with Gasteiger partial charge >= 0.3 is 0 Å². The van der Waals surface area contributed by atoms with Crippen LogP contribution in [0.15, 0.2) is 24.4 Å². The lowest BCUT2D eigenvalue weighted by Gasteiger charge is -2.32. The molecule has 1 saturated heterocycles. The molecule has 0 aromatic carbocycles. The molecule has 6 heteroatoms. The fourth-order valence-corrected chi connectivity index (χ4v) is 3.00. The highest BCUT2D eigenvalue weighted by Gasteiger charge is 2.23. The van der Waals surface area contributed by atoms with Crippen LogP contribution in [-0.2, 0) is 12.1 Å². The Morgan fingerprint density at radius 3 is 2.61 bits per heavy atom. The monoisotopic (exact) mass is 314 g/mol. The van der Waals surface area contributed by atoms with Crippen LogP contribution in [0.3, 0.4) is 0 Å². The van der Waals surface area contributed by atoms with Crippen molar-refractivity contribution in [3.8, 4) is 0 Å². The topological polar surface area (TPSA) is 72.9 Å². The Hall–Kier alpha value is -1.95. The van der Waals surface area contributed by atoms with Crippen molar-refractivity contribution in [2.45, 2.75) is 45.7 Å². The third-order valence-electron chi connectivity index (χ3n) is 4.46. The number of anilines is 1. The van der Waals surface area contributed by atoms with Crippen LogP contribution in [0, 0.1) is 12.8 Å². The highest BCUT2D eigenvalue weighted by molar-refractivity contribution is 5.39. The van der Waals surface area contributed by atoms with E-state index in [1.165, 1.54) is 0 Å². The summed E-state index contributed by atoms with van der Waals surface area (Å²) < 4.78 is 1.94. The maximum Gasteiger partial charge on any atom is 0.128 e. The molecule has 1 fully saturated rings. The summed E-state index contributed by atoms with van der Waals surface area (Å²) in [5, 5.41) is 8.42. The molecule has 0 atom stereocenters. The molecule has 1 aliphatic rings. The number of hydrogen-bond acceptors (Lipinski definition) is 5. The molecule has 0 radical (unpaired) electrons. The summed E-state index contributed by atoms with van der Waals surface area (Å²) >= 11 is 0. The smallest absolute Gasteiger partial charge is 0.128 e. The molecule has 2 N–H and O–H groups in total. The minimum Gasteiger partial charge on any atom is -0.357 e. The van der Waals surface area contributed by atoms with Crippen molar-refractivity contribution in [1.82, 2.24) is 20.0 Å². The number of aryl methyl sites for hydroxylation is 1. The number of piperidine rings is 1. The van der Waals surface area contributed by atoms with E-state index in [1.807, 2.05) is 37.7 Å². The Balaban J connectivity index is 1.56. The Bertz CT molecular complexity index is 649. The third kappa shape index (κ3) is 3.88. The molecule has 124 valence electrons. The zero-order valence-corrected chi connectivity index (χ0v) is 14.2. The Morgan fingerprint density at radius 1 is 1.26 bits per heavy atom. The largest absolute Gasteiger partial charge is 0.357 e. The van der Waals surface area contributed by atoms with Gasteiger partial charge in [-0.05, 0) is 51.7 Å². The predicted molar refractivity (Wildman–Crippen MR) is 91.1 cm³/mol. The molecule has 2 aromatic rings. The minimum absolute atomic E-state index is 0.432. The summed E-state index contributed by atoms with van der Waals surface area (Å²) in [6.45, 7) is 8.95. The van der Waals surface area contributed by atoms with E-state index in [0.717, 1.165) is 49.7 Å². The van der Waals surface area contributed by atoms with Crippen LogP contribution in [0.1, 0.15) is 38.1 Å². The van der Waals surface area contributed by atoms with Gasteiger partial charge in [0.15, 0.2) is 0 Å². The SMILES string of the molecule is Cc1cccc(N2CCC(Cn3cc(C(C)(C)N)nn3)CC2)n1. The molecule has 0 saturated carbocycles. The highest BCUT2D eigenvalue weighted by Crippen LogP contribution is 2.23.